The predicted molar refractivity (Wildman–Crippen MR) is 200 cm³/mol. The number of nitrogens with one attached hydrogen (secondary N) is 2. The van der Waals surface area contributed by atoms with Crippen LogP contribution in [0.5, 0.6) is 0 Å². The van der Waals surface area contributed by atoms with E-state index in [1.807, 2.05) is 60.7 Å². The first kappa shape index (κ1) is 37.1. The summed E-state index contributed by atoms with van der Waals surface area (Å²) in [7, 11) is -3.74. The van der Waals surface area contributed by atoms with Crippen molar-refractivity contribution in [1.29, 1.82) is 0 Å². The second-order valence-electron chi connectivity index (χ2n) is 16.1. The summed E-state index contributed by atoms with van der Waals surface area (Å²) < 4.78 is 26.3. The summed E-state index contributed by atoms with van der Waals surface area (Å²) in [4.78, 5) is 52.7. The van der Waals surface area contributed by atoms with Crippen molar-refractivity contribution in [3.8, 4) is 0 Å². The number of hydrogen-bond acceptors (Lipinski definition) is 8. The molecule has 2 spiro atoms. The van der Waals surface area contributed by atoms with E-state index in [-0.39, 0.29) is 40.9 Å². The highest BCUT2D eigenvalue weighted by molar-refractivity contribution is 7.94. The number of hydrogen-bond donors (Lipinski definition) is 2. The molecule has 2 amide bonds. The molecule has 2 N–H and O–H groups in total. The molecule has 6 fully saturated rings. The van der Waals surface area contributed by atoms with E-state index in [1.165, 1.54) is 12.5 Å². The first-order valence-corrected chi connectivity index (χ1v) is 21.1. The second kappa shape index (κ2) is 15.7. The van der Waals surface area contributed by atoms with Gasteiger partial charge in [0.2, 0.25) is 23.4 Å². The van der Waals surface area contributed by atoms with Crippen LogP contribution in [0, 0.1) is 29.6 Å². The van der Waals surface area contributed by atoms with E-state index in [0.29, 0.717) is 38.5 Å². The Kier molecular flexibility index (Phi) is 10.8. The van der Waals surface area contributed by atoms with Gasteiger partial charge in [0.1, 0.15) is 6.04 Å². The number of amides is 2. The highest BCUT2D eigenvalue weighted by Crippen LogP contribution is 2.62. The van der Waals surface area contributed by atoms with Gasteiger partial charge in [-0.1, -0.05) is 84.9 Å². The molecule has 6 aliphatic rings. The molecule has 286 valence electrons. The summed E-state index contributed by atoms with van der Waals surface area (Å²) in [5.41, 5.74) is 1.95. The van der Waals surface area contributed by atoms with Gasteiger partial charge in [-0.15, -0.1) is 0 Å². The fraction of sp³-hybridized carbons (Fsp3) is 0.488. The van der Waals surface area contributed by atoms with E-state index < -0.39 is 33.5 Å². The second-order valence-corrected chi connectivity index (χ2v) is 18.0. The highest BCUT2D eigenvalue weighted by atomic mass is 32.2. The molecule has 3 aromatic carbocycles. The zero-order valence-electron chi connectivity index (χ0n) is 30.5. The van der Waals surface area contributed by atoms with E-state index in [2.05, 4.69) is 10.6 Å². The largest absolute Gasteiger partial charge is 0.348 e. The SMILES string of the molecule is O=C(N[C@@H](Cc1ccccc1)C(=O)N[C@H](/C=C/S(=O)(=O)c1ccccc1)CCc1ccccc1)C1CCC2(CC1)OOC1(OO2)C2CC3CC(C2)CC1C3. The van der Waals surface area contributed by atoms with Crippen molar-refractivity contribution in [3.05, 3.63) is 114 Å². The molecule has 9 rings (SSSR count). The van der Waals surface area contributed by atoms with Crippen LogP contribution in [0.15, 0.2) is 107 Å². The summed E-state index contributed by atoms with van der Waals surface area (Å²) >= 11 is 0. The highest BCUT2D eigenvalue weighted by Gasteiger charge is 2.64. The van der Waals surface area contributed by atoms with Gasteiger partial charge in [-0.05, 0) is 92.9 Å². The zero-order chi connectivity index (χ0) is 37.2. The van der Waals surface area contributed by atoms with E-state index >= 15 is 0 Å². The number of sulfone groups is 1. The monoisotopic (exact) mass is 754 g/mol. The molecule has 5 aliphatic carbocycles. The molecule has 0 unspecified atom stereocenters. The van der Waals surface area contributed by atoms with Gasteiger partial charge in [-0.25, -0.2) is 8.42 Å². The quantitative estimate of drug-likeness (QED) is 0.194. The van der Waals surface area contributed by atoms with Crippen molar-refractivity contribution < 1.29 is 37.6 Å². The lowest BCUT2D eigenvalue weighted by molar-refractivity contribution is -0.680. The minimum atomic E-state index is -3.74. The fourth-order valence-electron chi connectivity index (χ4n) is 9.61. The third-order valence-electron chi connectivity index (χ3n) is 12.4. The Labute approximate surface area is 317 Å². The predicted octanol–water partition coefficient (Wildman–Crippen LogP) is 6.77. The lowest BCUT2D eigenvalue weighted by atomic mass is 9.53. The Morgan fingerprint density at radius 3 is 1.87 bits per heavy atom. The normalized spacial score (nSPS) is 31.4. The van der Waals surface area contributed by atoms with E-state index in [9.17, 15) is 18.0 Å². The first-order valence-electron chi connectivity index (χ1n) is 19.6. The molecular weight excluding hydrogens is 705 g/mol. The van der Waals surface area contributed by atoms with Gasteiger partial charge in [0.05, 0.1) is 4.90 Å². The van der Waals surface area contributed by atoms with Crippen LogP contribution in [-0.2, 0) is 51.8 Å². The van der Waals surface area contributed by atoms with Gasteiger partial charge in [0.25, 0.3) is 0 Å². The van der Waals surface area contributed by atoms with Gasteiger partial charge < -0.3 is 10.6 Å². The van der Waals surface area contributed by atoms with Gasteiger partial charge >= 0.3 is 0 Å². The summed E-state index contributed by atoms with van der Waals surface area (Å²) in [5, 5.41) is 7.27. The molecule has 10 nitrogen and oxygen atoms in total. The number of carbonyl (C=O) groups is 2. The molecule has 1 aliphatic heterocycles. The Hall–Kier alpha value is -3.87. The molecule has 0 radical (unpaired) electrons. The summed E-state index contributed by atoms with van der Waals surface area (Å²) in [5.74, 6) is -0.812. The van der Waals surface area contributed by atoms with Crippen LogP contribution < -0.4 is 10.6 Å². The van der Waals surface area contributed by atoms with Crippen LogP contribution in [0.25, 0.3) is 0 Å². The molecule has 2 atom stereocenters. The van der Waals surface area contributed by atoms with Crippen LogP contribution >= 0.6 is 0 Å². The van der Waals surface area contributed by atoms with Gasteiger partial charge in [-0.2, -0.15) is 19.6 Å². The minimum absolute atomic E-state index is 0.173. The zero-order valence-corrected chi connectivity index (χ0v) is 31.3. The Morgan fingerprint density at radius 2 is 1.28 bits per heavy atom. The van der Waals surface area contributed by atoms with Crippen LogP contribution in [0.2, 0.25) is 0 Å². The Bertz CT molecular complexity index is 1860. The standard InChI is InChI=1S/C43H50N2O8S/c46-40(34-18-21-42(22-19-34)50-52-43(53-51-42)35-25-32-24-33(27-35)28-36(43)26-32)45-39(29-31-12-6-2-7-13-31)41(47)44-37(17-16-30-10-4-1-5-11-30)20-23-54(48,49)38-14-8-3-9-15-38/h1-15,20,23,32-37,39H,16-19,21-22,24-29H2,(H,44,47)(H,45,46)/b23-20+/t32?,33?,34?,35?,36?,37-,39-,42?,43?/m0/s1. The molecule has 11 heteroatoms. The number of rotatable bonds is 12. The molecule has 1 saturated heterocycles. The first-order chi connectivity index (χ1) is 26.2. The van der Waals surface area contributed by atoms with Crippen LogP contribution in [0.4, 0.5) is 0 Å². The van der Waals surface area contributed by atoms with Crippen molar-refractivity contribution in [2.24, 2.45) is 29.6 Å². The third-order valence-corrected chi connectivity index (χ3v) is 13.9. The lowest BCUT2D eigenvalue weighted by Gasteiger charge is -2.60. The average molecular weight is 755 g/mol. The molecule has 5 saturated carbocycles. The molecule has 54 heavy (non-hydrogen) atoms. The van der Waals surface area contributed by atoms with Crippen molar-refractivity contribution in [2.45, 2.75) is 106 Å². The van der Waals surface area contributed by atoms with Gasteiger partial charge in [-0.3, -0.25) is 9.59 Å². The van der Waals surface area contributed by atoms with E-state index in [1.54, 1.807) is 30.3 Å². The summed E-state index contributed by atoms with van der Waals surface area (Å²) in [6.45, 7) is 0. The van der Waals surface area contributed by atoms with Crippen LogP contribution in [0.1, 0.15) is 75.3 Å². The maximum atomic E-state index is 14.1. The van der Waals surface area contributed by atoms with Crippen molar-refractivity contribution in [3.63, 3.8) is 0 Å². The van der Waals surface area contributed by atoms with Gasteiger partial charge in [0, 0.05) is 48.5 Å². The van der Waals surface area contributed by atoms with Crippen molar-refractivity contribution in [1.82, 2.24) is 10.6 Å². The minimum Gasteiger partial charge on any atom is -0.348 e. The molecule has 3 aromatic rings. The van der Waals surface area contributed by atoms with Crippen molar-refractivity contribution >= 4 is 21.7 Å². The maximum Gasteiger partial charge on any atom is 0.243 e. The third kappa shape index (κ3) is 8.07. The van der Waals surface area contributed by atoms with E-state index in [0.717, 1.165) is 54.1 Å². The molecule has 1 heterocycles. The average Bonchev–Trinajstić information content (AvgIpc) is 3.19. The Balaban J connectivity index is 0.923. The smallest absolute Gasteiger partial charge is 0.243 e. The molecule has 4 bridgehead atoms. The summed E-state index contributed by atoms with van der Waals surface area (Å²) in [6.07, 6.45) is 10.3. The number of benzene rings is 3. The number of carbonyl (C=O) groups excluding carboxylic acids is 2. The molecule has 0 aromatic heterocycles. The fourth-order valence-corrected chi connectivity index (χ4v) is 10.7. The maximum absolute atomic E-state index is 14.1. The van der Waals surface area contributed by atoms with Crippen molar-refractivity contribution in [2.75, 3.05) is 0 Å². The van der Waals surface area contributed by atoms with Crippen LogP contribution in [0.3, 0.4) is 0 Å². The topological polar surface area (TPSA) is 129 Å². The van der Waals surface area contributed by atoms with E-state index in [4.69, 9.17) is 19.6 Å². The Morgan fingerprint density at radius 1 is 0.722 bits per heavy atom. The van der Waals surface area contributed by atoms with Crippen LogP contribution in [-0.4, -0.2) is 43.9 Å². The summed E-state index contributed by atoms with van der Waals surface area (Å²) in [6, 6.07) is 26.1. The number of aryl methyl sites for hydroxylation is 1. The lowest BCUT2D eigenvalue weighted by Crippen LogP contribution is -2.65. The molecular formula is C43H50N2O8S. The van der Waals surface area contributed by atoms with Gasteiger partial charge in [0.15, 0.2) is 9.84 Å².